The van der Waals surface area contributed by atoms with Crippen LogP contribution in [0.4, 0.5) is 0 Å². The number of rotatable bonds is 5. The third-order valence-corrected chi connectivity index (χ3v) is 5.16. The van der Waals surface area contributed by atoms with Gasteiger partial charge in [0.25, 0.3) is 0 Å². The average molecular weight is 268 g/mol. The molecule has 0 aromatic heterocycles. The Bertz CT molecular complexity index is 305. The predicted molar refractivity (Wildman–Crippen MR) is 75.9 cm³/mol. The van der Waals surface area contributed by atoms with Crippen molar-refractivity contribution in [3.63, 3.8) is 0 Å². The van der Waals surface area contributed by atoms with Gasteiger partial charge in [-0.1, -0.05) is 26.2 Å². The highest BCUT2D eigenvalue weighted by atomic mass is 16.3. The molecule has 3 N–H and O–H groups in total. The van der Waals surface area contributed by atoms with Crippen molar-refractivity contribution in [1.82, 2.24) is 10.6 Å². The zero-order valence-electron chi connectivity index (χ0n) is 12.1. The molecule has 0 aromatic rings. The molecule has 1 saturated carbocycles. The molecule has 110 valence electrons. The summed E-state index contributed by atoms with van der Waals surface area (Å²) < 4.78 is 0. The number of aliphatic hydroxyl groups excluding tert-OH is 1. The molecule has 1 amide bonds. The van der Waals surface area contributed by atoms with Gasteiger partial charge in [0.2, 0.25) is 5.91 Å². The summed E-state index contributed by atoms with van der Waals surface area (Å²) in [4.78, 5) is 12.4. The van der Waals surface area contributed by atoms with Gasteiger partial charge in [-0.2, -0.15) is 0 Å². The van der Waals surface area contributed by atoms with Crippen LogP contribution in [-0.4, -0.2) is 36.2 Å². The summed E-state index contributed by atoms with van der Waals surface area (Å²) in [6.45, 7) is 3.83. The molecule has 4 nitrogen and oxygen atoms in total. The number of hydrogen-bond acceptors (Lipinski definition) is 3. The Balaban J connectivity index is 1.91. The zero-order valence-corrected chi connectivity index (χ0v) is 12.1. The fourth-order valence-corrected chi connectivity index (χ4v) is 3.59. The Labute approximate surface area is 116 Å². The van der Waals surface area contributed by atoms with Crippen LogP contribution < -0.4 is 10.6 Å². The first kappa shape index (κ1) is 14.8. The standard InChI is InChI=1S/C15H28N2O2/c1-2-15(9-6-10-17-15)13(19)16-11-14(12-18)7-4-3-5-8-14/h17-18H,2-12H2,1H3,(H,16,19). The molecule has 2 rings (SSSR count). The highest BCUT2D eigenvalue weighted by Gasteiger charge is 2.40. The van der Waals surface area contributed by atoms with Gasteiger partial charge < -0.3 is 15.7 Å². The molecule has 1 aliphatic heterocycles. The molecule has 1 unspecified atom stereocenters. The van der Waals surface area contributed by atoms with Crippen LogP contribution in [0.3, 0.4) is 0 Å². The van der Waals surface area contributed by atoms with Crippen molar-refractivity contribution < 1.29 is 9.90 Å². The molecule has 0 spiro atoms. The molecule has 4 heteroatoms. The van der Waals surface area contributed by atoms with E-state index in [1.54, 1.807) is 0 Å². The van der Waals surface area contributed by atoms with Crippen molar-refractivity contribution in [2.75, 3.05) is 19.7 Å². The molecular weight excluding hydrogens is 240 g/mol. The number of carbonyl (C=O) groups excluding carboxylic acids is 1. The van der Waals surface area contributed by atoms with Gasteiger partial charge in [-0.25, -0.2) is 0 Å². The molecular formula is C15H28N2O2. The number of amides is 1. The number of aliphatic hydroxyl groups is 1. The van der Waals surface area contributed by atoms with Crippen LogP contribution >= 0.6 is 0 Å². The molecule has 1 aliphatic carbocycles. The van der Waals surface area contributed by atoms with E-state index in [0.717, 1.165) is 38.6 Å². The zero-order chi connectivity index (χ0) is 13.8. The molecule has 2 aliphatic rings. The summed E-state index contributed by atoms with van der Waals surface area (Å²) >= 11 is 0. The normalized spacial score (nSPS) is 30.2. The maximum Gasteiger partial charge on any atom is 0.240 e. The van der Waals surface area contributed by atoms with Crippen molar-refractivity contribution in [2.45, 2.75) is 63.8 Å². The van der Waals surface area contributed by atoms with E-state index >= 15 is 0 Å². The summed E-state index contributed by atoms with van der Waals surface area (Å²) in [7, 11) is 0. The minimum atomic E-state index is -0.356. The van der Waals surface area contributed by atoms with E-state index in [4.69, 9.17) is 0 Å². The quantitative estimate of drug-likeness (QED) is 0.709. The van der Waals surface area contributed by atoms with E-state index in [1.807, 2.05) is 0 Å². The number of nitrogens with one attached hydrogen (secondary N) is 2. The summed E-state index contributed by atoms with van der Waals surface area (Å²) in [5, 5.41) is 16.2. The minimum absolute atomic E-state index is 0.0680. The van der Waals surface area contributed by atoms with Gasteiger partial charge in [0.15, 0.2) is 0 Å². The molecule has 2 fully saturated rings. The Kier molecular flexibility index (Phi) is 4.85. The average Bonchev–Trinajstić information content (AvgIpc) is 2.96. The Morgan fingerprint density at radius 2 is 1.95 bits per heavy atom. The lowest BCUT2D eigenvalue weighted by molar-refractivity contribution is -0.128. The molecule has 0 bridgehead atoms. The Morgan fingerprint density at radius 1 is 1.21 bits per heavy atom. The highest BCUT2D eigenvalue weighted by Crippen LogP contribution is 2.35. The summed E-state index contributed by atoms with van der Waals surface area (Å²) in [5.41, 5.74) is -0.424. The second kappa shape index (κ2) is 6.23. The SMILES string of the molecule is CCC1(C(=O)NCC2(CO)CCCCC2)CCCN1. The molecule has 19 heavy (non-hydrogen) atoms. The first-order valence-electron chi connectivity index (χ1n) is 7.81. The van der Waals surface area contributed by atoms with E-state index in [9.17, 15) is 9.90 Å². The van der Waals surface area contributed by atoms with E-state index in [2.05, 4.69) is 17.6 Å². The van der Waals surface area contributed by atoms with Crippen LogP contribution in [0.1, 0.15) is 58.3 Å². The van der Waals surface area contributed by atoms with Crippen LogP contribution in [0.2, 0.25) is 0 Å². The van der Waals surface area contributed by atoms with Gasteiger partial charge in [-0.05, 0) is 38.6 Å². The van der Waals surface area contributed by atoms with Crippen LogP contribution in [-0.2, 0) is 4.79 Å². The van der Waals surface area contributed by atoms with Crippen molar-refractivity contribution >= 4 is 5.91 Å². The van der Waals surface area contributed by atoms with E-state index < -0.39 is 0 Å². The fraction of sp³-hybridized carbons (Fsp3) is 0.933. The topological polar surface area (TPSA) is 61.4 Å². The smallest absolute Gasteiger partial charge is 0.240 e. The largest absolute Gasteiger partial charge is 0.396 e. The molecule has 0 radical (unpaired) electrons. The van der Waals surface area contributed by atoms with Crippen molar-refractivity contribution in [1.29, 1.82) is 0 Å². The van der Waals surface area contributed by atoms with Crippen LogP contribution in [0.25, 0.3) is 0 Å². The Hall–Kier alpha value is -0.610. The van der Waals surface area contributed by atoms with Gasteiger partial charge in [-0.15, -0.1) is 0 Å². The van der Waals surface area contributed by atoms with Gasteiger partial charge in [0.05, 0.1) is 12.1 Å². The summed E-state index contributed by atoms with van der Waals surface area (Å²) in [5.74, 6) is 0.130. The van der Waals surface area contributed by atoms with E-state index in [0.29, 0.717) is 6.54 Å². The first-order chi connectivity index (χ1) is 9.16. The van der Waals surface area contributed by atoms with Crippen molar-refractivity contribution in [3.05, 3.63) is 0 Å². The van der Waals surface area contributed by atoms with Crippen LogP contribution in [0.15, 0.2) is 0 Å². The maximum absolute atomic E-state index is 12.4. The van der Waals surface area contributed by atoms with E-state index in [-0.39, 0.29) is 23.5 Å². The summed E-state index contributed by atoms with van der Waals surface area (Å²) in [6, 6.07) is 0. The fourth-order valence-electron chi connectivity index (χ4n) is 3.59. The van der Waals surface area contributed by atoms with Crippen molar-refractivity contribution in [3.8, 4) is 0 Å². The van der Waals surface area contributed by atoms with Gasteiger partial charge in [-0.3, -0.25) is 4.79 Å². The van der Waals surface area contributed by atoms with Crippen LogP contribution in [0, 0.1) is 5.41 Å². The molecule has 1 saturated heterocycles. The molecule has 0 aromatic carbocycles. The summed E-state index contributed by atoms with van der Waals surface area (Å²) in [6.07, 6.45) is 8.53. The van der Waals surface area contributed by atoms with Gasteiger partial charge in [0, 0.05) is 12.0 Å². The monoisotopic (exact) mass is 268 g/mol. The Morgan fingerprint density at radius 3 is 2.47 bits per heavy atom. The third-order valence-electron chi connectivity index (χ3n) is 5.16. The second-order valence-electron chi connectivity index (χ2n) is 6.37. The number of carbonyl (C=O) groups is 1. The van der Waals surface area contributed by atoms with Crippen LogP contribution in [0.5, 0.6) is 0 Å². The van der Waals surface area contributed by atoms with Gasteiger partial charge >= 0.3 is 0 Å². The predicted octanol–water partition coefficient (Wildman–Crippen LogP) is 1.58. The van der Waals surface area contributed by atoms with E-state index in [1.165, 1.54) is 19.3 Å². The molecule has 1 atom stereocenters. The lowest BCUT2D eigenvalue weighted by atomic mass is 9.74. The lowest BCUT2D eigenvalue weighted by Gasteiger charge is -2.37. The molecule has 1 heterocycles. The minimum Gasteiger partial charge on any atom is -0.396 e. The number of hydrogen-bond donors (Lipinski definition) is 3. The van der Waals surface area contributed by atoms with Gasteiger partial charge in [0.1, 0.15) is 0 Å². The highest BCUT2D eigenvalue weighted by molar-refractivity contribution is 5.86. The maximum atomic E-state index is 12.4. The lowest BCUT2D eigenvalue weighted by Crippen LogP contribution is -2.55. The third kappa shape index (κ3) is 3.11. The van der Waals surface area contributed by atoms with Crippen molar-refractivity contribution in [2.24, 2.45) is 5.41 Å². The first-order valence-corrected chi connectivity index (χ1v) is 7.81. The second-order valence-corrected chi connectivity index (χ2v) is 6.37.